The number of carbonyl (C=O) groups is 2. The van der Waals surface area contributed by atoms with E-state index >= 15 is 0 Å². The van der Waals surface area contributed by atoms with Crippen LogP contribution in [0.5, 0.6) is 5.75 Å². The Balaban J connectivity index is 0.000000604. The molecule has 2 aromatic carbocycles. The van der Waals surface area contributed by atoms with Crippen LogP contribution in [0.4, 0.5) is 10.5 Å². The molecule has 3 rings (SSSR count). The first-order valence-corrected chi connectivity index (χ1v) is 11.5. The summed E-state index contributed by atoms with van der Waals surface area (Å²) in [6.45, 7) is 3.18. The topological polar surface area (TPSA) is 139 Å². The number of primary amides is 1. The van der Waals surface area contributed by atoms with Gasteiger partial charge < -0.3 is 20.5 Å². The van der Waals surface area contributed by atoms with Crippen LogP contribution in [0.3, 0.4) is 0 Å². The molecule has 4 N–H and O–H groups in total. The summed E-state index contributed by atoms with van der Waals surface area (Å²) in [5.41, 5.74) is 4.60. The van der Waals surface area contributed by atoms with E-state index in [1.54, 1.807) is 36.5 Å². The molecular weight excluding hydrogens is 458 g/mol. The highest BCUT2D eigenvalue weighted by Crippen LogP contribution is 2.30. The molecule has 0 atom stereocenters. The Morgan fingerprint density at radius 2 is 1.79 bits per heavy atom. The van der Waals surface area contributed by atoms with Crippen LogP contribution in [0, 0.1) is 11.8 Å². The van der Waals surface area contributed by atoms with E-state index in [1.807, 2.05) is 30.3 Å². The second-order valence-electron chi connectivity index (χ2n) is 7.28. The summed E-state index contributed by atoms with van der Waals surface area (Å²) in [7, 11) is -2.53. The van der Waals surface area contributed by atoms with Gasteiger partial charge in [-0.15, -0.1) is 5.92 Å². The van der Waals surface area contributed by atoms with Gasteiger partial charge in [0, 0.05) is 18.8 Å². The number of nitrogens with zero attached hydrogens (tertiary/aromatic N) is 1. The molecule has 1 fully saturated rings. The fraction of sp³-hybridized carbons (Fsp3) is 0.292. The van der Waals surface area contributed by atoms with Crippen LogP contribution in [-0.4, -0.2) is 56.1 Å². The van der Waals surface area contributed by atoms with E-state index in [4.69, 9.17) is 4.74 Å². The van der Waals surface area contributed by atoms with Crippen molar-refractivity contribution in [2.45, 2.75) is 25.4 Å². The van der Waals surface area contributed by atoms with Gasteiger partial charge in [-0.2, -0.15) is 8.42 Å². The molecular formula is C24H27N3O6S. The number of piperidine rings is 1. The first kappa shape index (κ1) is 26.4. The minimum Gasteiger partial charge on any atom is -0.481 e. The Bertz CT molecular complexity index is 1150. The quantitative estimate of drug-likeness (QED) is 0.243. The minimum atomic E-state index is -2.53. The molecule has 1 aliphatic rings. The second-order valence-corrected chi connectivity index (χ2v) is 8.16. The molecule has 0 aromatic heterocycles. The van der Waals surface area contributed by atoms with Crippen LogP contribution in [-0.2, 0) is 15.1 Å². The van der Waals surface area contributed by atoms with Crippen molar-refractivity contribution in [3.63, 3.8) is 0 Å². The molecule has 3 amide bonds. The monoisotopic (exact) mass is 485 g/mol. The van der Waals surface area contributed by atoms with Gasteiger partial charge in [0.05, 0.1) is 0 Å². The summed E-state index contributed by atoms with van der Waals surface area (Å²) < 4.78 is 29.5. The number of para-hydroxylation sites is 1. The summed E-state index contributed by atoms with van der Waals surface area (Å²) in [5.74, 6) is 6.16. The molecule has 34 heavy (non-hydrogen) atoms. The molecule has 0 unspecified atom stereocenters. The average molecular weight is 486 g/mol. The summed E-state index contributed by atoms with van der Waals surface area (Å²) in [4.78, 5) is 20.9. The van der Waals surface area contributed by atoms with Crippen LogP contribution >= 0.6 is 0 Å². The van der Waals surface area contributed by atoms with Crippen LogP contribution in [0.25, 0.3) is 0 Å². The van der Waals surface area contributed by atoms with Crippen molar-refractivity contribution in [1.82, 2.24) is 5.32 Å². The Labute approximate surface area is 200 Å². The zero-order chi connectivity index (χ0) is 25.0. The Morgan fingerprint density at radius 3 is 2.26 bits per heavy atom. The fourth-order valence-corrected chi connectivity index (χ4v) is 4.32. The second kappa shape index (κ2) is 13.0. The first-order chi connectivity index (χ1) is 16.3. The number of ether oxygens (including phenoxy) is 1. The highest BCUT2D eigenvalue weighted by molar-refractivity contribution is 7.73. The van der Waals surface area contributed by atoms with Gasteiger partial charge in [0.15, 0.2) is 0 Å². The summed E-state index contributed by atoms with van der Waals surface area (Å²) in [6, 6.07) is 15.8. The zero-order valence-electron chi connectivity index (χ0n) is 18.7. The third-order valence-corrected chi connectivity index (χ3v) is 6.06. The van der Waals surface area contributed by atoms with Crippen LogP contribution in [0.2, 0.25) is 0 Å². The van der Waals surface area contributed by atoms with Gasteiger partial charge in [0.25, 0.3) is 0 Å². The molecule has 9 nitrogen and oxygen atoms in total. The molecule has 0 spiro atoms. The van der Waals surface area contributed by atoms with Crippen molar-refractivity contribution in [3.8, 4) is 17.6 Å². The smallest absolute Gasteiger partial charge is 0.318 e. The lowest BCUT2D eigenvalue weighted by Crippen LogP contribution is -2.50. The maximum Gasteiger partial charge on any atom is 0.318 e. The maximum absolute atomic E-state index is 12.0. The van der Waals surface area contributed by atoms with Crippen molar-refractivity contribution in [2.24, 2.45) is 5.73 Å². The Kier molecular flexibility index (Phi) is 10.1. The number of aliphatic hydroxyl groups is 1. The number of nitrogens with one attached hydrogen (secondary N) is 1. The van der Waals surface area contributed by atoms with Crippen molar-refractivity contribution in [2.75, 3.05) is 24.6 Å². The van der Waals surface area contributed by atoms with E-state index in [0.717, 1.165) is 5.69 Å². The molecule has 1 saturated heterocycles. The molecule has 180 valence electrons. The molecule has 0 saturated carbocycles. The largest absolute Gasteiger partial charge is 0.481 e. The first-order valence-electron chi connectivity index (χ1n) is 10.4. The van der Waals surface area contributed by atoms with Crippen molar-refractivity contribution >= 4 is 33.3 Å². The number of nitrogens with two attached hydrogens (primary N) is 1. The number of hydrogen-bond acceptors (Lipinski definition) is 7. The minimum absolute atomic E-state index is 0.0418. The van der Waals surface area contributed by atoms with Gasteiger partial charge in [-0.1, -0.05) is 24.1 Å². The number of carbonyl (C=O) groups excluding carboxylic acids is 2. The third kappa shape index (κ3) is 7.65. The fourth-order valence-electron chi connectivity index (χ4n) is 3.47. The molecule has 0 radical (unpaired) electrons. The standard InChI is InChI=1S/C22H23NO4S.C2H4N2O2/c1-2-3-17-27-20-11-9-18(10-12-20)21(28(25)26)22(24)13-15-23(16-14-22)19-7-5-4-6-8-19;3-2(6)4-1-5/h4-12,24H,13-17H2,1H3;1H,(H3,3,4,5,6). The van der Waals surface area contributed by atoms with Gasteiger partial charge in [0.1, 0.15) is 22.8 Å². The van der Waals surface area contributed by atoms with E-state index in [0.29, 0.717) is 37.2 Å². The third-order valence-electron chi connectivity index (χ3n) is 5.11. The van der Waals surface area contributed by atoms with Gasteiger partial charge >= 0.3 is 6.03 Å². The van der Waals surface area contributed by atoms with Gasteiger partial charge in [-0.3, -0.25) is 10.1 Å². The molecule has 1 heterocycles. The number of hydrogen-bond donors (Lipinski definition) is 3. The number of urea groups is 1. The summed E-state index contributed by atoms with van der Waals surface area (Å²) >= 11 is 0. The van der Waals surface area contributed by atoms with Crippen LogP contribution < -0.4 is 20.7 Å². The van der Waals surface area contributed by atoms with Crippen molar-refractivity contribution < 1.29 is 27.9 Å². The van der Waals surface area contributed by atoms with Gasteiger partial charge in [-0.25, -0.2) is 4.79 Å². The Hall–Kier alpha value is -3.81. The van der Waals surface area contributed by atoms with Crippen molar-refractivity contribution in [1.29, 1.82) is 0 Å². The molecule has 10 heteroatoms. The van der Waals surface area contributed by atoms with E-state index in [1.165, 1.54) is 0 Å². The number of amides is 3. The number of imide groups is 1. The number of anilines is 1. The zero-order valence-corrected chi connectivity index (χ0v) is 19.5. The van der Waals surface area contributed by atoms with Gasteiger partial charge in [-0.05, 0) is 61.7 Å². The maximum atomic E-state index is 12.0. The molecule has 2 aromatic rings. The summed E-state index contributed by atoms with van der Waals surface area (Å²) in [6.07, 6.45) is 0.910. The Morgan fingerprint density at radius 1 is 1.18 bits per heavy atom. The summed E-state index contributed by atoms with van der Waals surface area (Å²) in [5, 5.41) is 12.8. The lowest BCUT2D eigenvalue weighted by molar-refractivity contribution is -0.108. The van der Waals surface area contributed by atoms with Crippen LogP contribution in [0.1, 0.15) is 25.3 Å². The van der Waals surface area contributed by atoms with Gasteiger partial charge in [0.2, 0.25) is 16.7 Å². The highest BCUT2D eigenvalue weighted by atomic mass is 32.2. The van der Waals surface area contributed by atoms with E-state index in [9.17, 15) is 23.1 Å². The normalized spacial score (nSPS) is 13.8. The highest BCUT2D eigenvalue weighted by Gasteiger charge is 2.39. The number of rotatable bonds is 6. The lowest BCUT2D eigenvalue weighted by atomic mass is 9.85. The molecule has 0 bridgehead atoms. The SMILES string of the molecule is CC#CCOc1ccc(C(=S(=O)=O)C2(O)CCN(c3ccccc3)CC2)cc1.NC(=O)NC=O. The predicted molar refractivity (Wildman–Crippen MR) is 130 cm³/mol. The van der Waals surface area contributed by atoms with E-state index in [2.05, 4.69) is 22.5 Å². The van der Waals surface area contributed by atoms with E-state index < -0.39 is 21.9 Å². The molecule has 0 aliphatic carbocycles. The molecule has 1 aliphatic heterocycles. The number of benzene rings is 2. The predicted octanol–water partition coefficient (Wildman–Crippen LogP) is 1.33. The van der Waals surface area contributed by atoms with E-state index in [-0.39, 0.29) is 17.9 Å². The average Bonchev–Trinajstić information content (AvgIpc) is 2.81. The van der Waals surface area contributed by atoms with Crippen LogP contribution in [0.15, 0.2) is 54.6 Å². The lowest BCUT2D eigenvalue weighted by Gasteiger charge is -2.39. The van der Waals surface area contributed by atoms with Crippen molar-refractivity contribution in [3.05, 3.63) is 60.2 Å².